The molecule has 0 fully saturated rings. The molecule has 0 saturated heterocycles. The summed E-state index contributed by atoms with van der Waals surface area (Å²) < 4.78 is 5.45. The minimum Gasteiger partial charge on any atom is -0.493 e. The molecule has 0 spiro atoms. The summed E-state index contributed by atoms with van der Waals surface area (Å²) in [5.41, 5.74) is 5.81. The highest BCUT2D eigenvalue weighted by Crippen LogP contribution is 2.11. The first kappa shape index (κ1) is 11.3. The highest BCUT2D eigenvalue weighted by Gasteiger charge is 2.02. The van der Waals surface area contributed by atoms with Crippen molar-refractivity contribution >= 4 is 5.84 Å². The topological polar surface area (TPSA) is 80.7 Å². The van der Waals surface area contributed by atoms with E-state index >= 15 is 0 Å². The van der Waals surface area contributed by atoms with Crippen LogP contribution < -0.4 is 10.5 Å². The van der Waals surface area contributed by atoms with E-state index in [0.29, 0.717) is 18.1 Å². The second-order valence-corrected chi connectivity index (χ2v) is 3.06. The third-order valence-corrected chi connectivity index (χ3v) is 1.87. The molecular formula is C10H15N3O2. The number of nitrogens with zero attached hydrogens (tertiary/aromatic N) is 2. The summed E-state index contributed by atoms with van der Waals surface area (Å²) >= 11 is 0. The predicted octanol–water partition coefficient (Wildman–Crippen LogP) is 1.35. The lowest BCUT2D eigenvalue weighted by Crippen LogP contribution is -2.14. The second kappa shape index (κ2) is 5.85. The summed E-state index contributed by atoms with van der Waals surface area (Å²) in [4.78, 5) is 3.94. The van der Waals surface area contributed by atoms with Crippen LogP contribution in [0.2, 0.25) is 0 Å². The Morgan fingerprint density at radius 3 is 3.13 bits per heavy atom. The van der Waals surface area contributed by atoms with Crippen molar-refractivity contribution in [3.8, 4) is 5.75 Å². The van der Waals surface area contributed by atoms with Crippen LogP contribution in [0.4, 0.5) is 0 Å². The van der Waals surface area contributed by atoms with Crippen molar-refractivity contribution in [2.24, 2.45) is 10.9 Å². The van der Waals surface area contributed by atoms with Crippen molar-refractivity contribution in [1.82, 2.24) is 4.98 Å². The Balaban J connectivity index is 2.66. The summed E-state index contributed by atoms with van der Waals surface area (Å²) in [7, 11) is 0. The zero-order valence-electron chi connectivity index (χ0n) is 8.68. The molecule has 0 aromatic carbocycles. The molecule has 0 aliphatic heterocycles. The number of rotatable bonds is 5. The van der Waals surface area contributed by atoms with Gasteiger partial charge in [-0.25, -0.2) is 0 Å². The highest BCUT2D eigenvalue weighted by atomic mass is 16.5. The smallest absolute Gasteiger partial charge is 0.188 e. The molecule has 0 atom stereocenters. The predicted molar refractivity (Wildman–Crippen MR) is 57.2 cm³/mol. The standard InChI is InChI=1S/C10H15N3O2/c1-2-3-6-15-8-4-5-12-9(7-8)10(11)13-14/h4-5,7,14H,2-3,6H2,1H3,(H2,11,13). The summed E-state index contributed by atoms with van der Waals surface area (Å²) in [6.07, 6.45) is 3.65. The van der Waals surface area contributed by atoms with Crippen LogP contribution in [0.3, 0.4) is 0 Å². The molecule has 0 bridgehead atoms. The molecule has 3 N–H and O–H groups in total. The highest BCUT2D eigenvalue weighted by molar-refractivity contribution is 5.95. The van der Waals surface area contributed by atoms with Crippen molar-refractivity contribution in [2.75, 3.05) is 6.61 Å². The molecule has 82 valence electrons. The van der Waals surface area contributed by atoms with E-state index in [1.54, 1.807) is 18.3 Å². The average Bonchev–Trinajstić information content (AvgIpc) is 2.29. The van der Waals surface area contributed by atoms with Gasteiger partial charge in [0.15, 0.2) is 5.84 Å². The number of ether oxygens (including phenoxy) is 1. The van der Waals surface area contributed by atoms with E-state index in [0.717, 1.165) is 12.8 Å². The quantitative estimate of drug-likeness (QED) is 0.252. The summed E-state index contributed by atoms with van der Waals surface area (Å²) in [5, 5.41) is 11.3. The summed E-state index contributed by atoms with van der Waals surface area (Å²) in [6.45, 7) is 2.76. The van der Waals surface area contributed by atoms with E-state index in [2.05, 4.69) is 17.1 Å². The summed E-state index contributed by atoms with van der Waals surface area (Å²) in [6, 6.07) is 3.38. The molecule has 5 heteroatoms. The molecule has 0 aliphatic rings. The van der Waals surface area contributed by atoms with E-state index in [9.17, 15) is 0 Å². The van der Waals surface area contributed by atoms with Gasteiger partial charge >= 0.3 is 0 Å². The van der Waals surface area contributed by atoms with Gasteiger partial charge in [-0.2, -0.15) is 0 Å². The van der Waals surface area contributed by atoms with Crippen molar-refractivity contribution < 1.29 is 9.94 Å². The number of amidine groups is 1. The first-order valence-corrected chi connectivity index (χ1v) is 4.84. The van der Waals surface area contributed by atoms with Crippen LogP contribution in [-0.2, 0) is 0 Å². The lowest BCUT2D eigenvalue weighted by atomic mass is 10.3. The number of oxime groups is 1. The molecule has 0 unspecified atom stereocenters. The molecule has 0 amide bonds. The van der Waals surface area contributed by atoms with E-state index in [1.807, 2.05) is 0 Å². The van der Waals surface area contributed by atoms with Crippen LogP contribution >= 0.6 is 0 Å². The Labute approximate surface area is 88.6 Å². The van der Waals surface area contributed by atoms with Gasteiger partial charge in [0, 0.05) is 12.3 Å². The summed E-state index contributed by atoms with van der Waals surface area (Å²) in [5.74, 6) is 0.663. The number of unbranched alkanes of at least 4 members (excludes halogenated alkanes) is 1. The number of hydrogen-bond acceptors (Lipinski definition) is 4. The fraction of sp³-hybridized carbons (Fsp3) is 0.400. The first-order chi connectivity index (χ1) is 7.27. The van der Waals surface area contributed by atoms with Gasteiger partial charge in [0.25, 0.3) is 0 Å². The van der Waals surface area contributed by atoms with Gasteiger partial charge in [-0.15, -0.1) is 0 Å². The molecule has 1 aromatic heterocycles. The normalized spacial score (nSPS) is 11.4. The largest absolute Gasteiger partial charge is 0.493 e. The zero-order chi connectivity index (χ0) is 11.1. The molecular weight excluding hydrogens is 194 g/mol. The Kier molecular flexibility index (Phi) is 4.40. The maximum absolute atomic E-state index is 8.48. The molecule has 5 nitrogen and oxygen atoms in total. The maximum atomic E-state index is 8.48. The van der Waals surface area contributed by atoms with Gasteiger partial charge in [-0.3, -0.25) is 4.98 Å². The van der Waals surface area contributed by atoms with E-state index in [-0.39, 0.29) is 5.84 Å². The third kappa shape index (κ3) is 3.46. The fourth-order valence-corrected chi connectivity index (χ4v) is 1.03. The number of nitrogens with two attached hydrogens (primary N) is 1. The van der Waals surface area contributed by atoms with E-state index < -0.39 is 0 Å². The molecule has 0 saturated carbocycles. The lowest BCUT2D eigenvalue weighted by Gasteiger charge is -2.05. The number of hydrogen-bond donors (Lipinski definition) is 2. The number of aromatic nitrogens is 1. The Morgan fingerprint density at radius 2 is 2.47 bits per heavy atom. The van der Waals surface area contributed by atoms with Crippen LogP contribution in [0, 0.1) is 0 Å². The SMILES string of the molecule is CCCCOc1ccnc(C(N)=NO)c1. The maximum Gasteiger partial charge on any atom is 0.188 e. The molecule has 0 aliphatic carbocycles. The van der Waals surface area contributed by atoms with Crippen molar-refractivity contribution in [3.63, 3.8) is 0 Å². The van der Waals surface area contributed by atoms with Crippen LogP contribution in [0.1, 0.15) is 25.5 Å². The molecule has 15 heavy (non-hydrogen) atoms. The molecule has 1 rings (SSSR count). The fourth-order valence-electron chi connectivity index (χ4n) is 1.03. The van der Waals surface area contributed by atoms with Crippen LogP contribution in [0.5, 0.6) is 5.75 Å². The molecule has 1 heterocycles. The number of pyridine rings is 1. The van der Waals surface area contributed by atoms with Gasteiger partial charge in [-0.1, -0.05) is 18.5 Å². The molecule has 1 aromatic rings. The van der Waals surface area contributed by atoms with E-state index in [4.69, 9.17) is 15.7 Å². The first-order valence-electron chi connectivity index (χ1n) is 4.84. The zero-order valence-corrected chi connectivity index (χ0v) is 8.68. The monoisotopic (exact) mass is 209 g/mol. The van der Waals surface area contributed by atoms with Gasteiger partial charge in [0.2, 0.25) is 0 Å². The Hall–Kier alpha value is -1.78. The van der Waals surface area contributed by atoms with Gasteiger partial charge < -0.3 is 15.7 Å². The molecule has 0 radical (unpaired) electrons. The third-order valence-electron chi connectivity index (χ3n) is 1.87. The minimum absolute atomic E-state index is 0.0176. The lowest BCUT2D eigenvalue weighted by molar-refractivity contribution is 0.308. The second-order valence-electron chi connectivity index (χ2n) is 3.06. The van der Waals surface area contributed by atoms with Crippen LogP contribution in [0.25, 0.3) is 0 Å². The van der Waals surface area contributed by atoms with Crippen molar-refractivity contribution in [1.29, 1.82) is 0 Å². The van der Waals surface area contributed by atoms with Gasteiger partial charge in [0.1, 0.15) is 11.4 Å². The van der Waals surface area contributed by atoms with Crippen LogP contribution in [0.15, 0.2) is 23.5 Å². The average molecular weight is 209 g/mol. The van der Waals surface area contributed by atoms with Gasteiger partial charge in [0.05, 0.1) is 6.61 Å². The van der Waals surface area contributed by atoms with E-state index in [1.165, 1.54) is 0 Å². The van der Waals surface area contributed by atoms with Crippen molar-refractivity contribution in [2.45, 2.75) is 19.8 Å². The Morgan fingerprint density at radius 1 is 1.67 bits per heavy atom. The van der Waals surface area contributed by atoms with Gasteiger partial charge in [-0.05, 0) is 12.5 Å². The Bertz CT molecular complexity index is 339. The minimum atomic E-state index is -0.0176. The van der Waals surface area contributed by atoms with Crippen LogP contribution in [-0.4, -0.2) is 22.6 Å². The van der Waals surface area contributed by atoms with Crippen molar-refractivity contribution in [3.05, 3.63) is 24.0 Å².